The first-order valence-electron chi connectivity index (χ1n) is 8.43. The Kier molecular flexibility index (Phi) is 6.53. The molecule has 0 aliphatic rings. The summed E-state index contributed by atoms with van der Waals surface area (Å²) in [6.07, 6.45) is 2.28. The molecular formula is C20H26N2O3. The van der Waals surface area contributed by atoms with Crippen molar-refractivity contribution < 1.29 is 14.6 Å². The Morgan fingerprint density at radius 2 is 1.88 bits per heavy atom. The number of aliphatic hydroxyl groups excluding tert-OH is 1. The number of amides is 1. The van der Waals surface area contributed by atoms with Crippen molar-refractivity contribution in [3.8, 4) is 5.75 Å². The number of aromatic nitrogens is 1. The van der Waals surface area contributed by atoms with Gasteiger partial charge in [0.1, 0.15) is 5.75 Å². The van der Waals surface area contributed by atoms with Crippen LogP contribution in [0.15, 0.2) is 42.6 Å². The van der Waals surface area contributed by atoms with Crippen LogP contribution in [-0.4, -0.2) is 29.1 Å². The van der Waals surface area contributed by atoms with E-state index >= 15 is 0 Å². The van der Waals surface area contributed by atoms with E-state index in [-0.39, 0.29) is 24.5 Å². The first-order valence-corrected chi connectivity index (χ1v) is 8.43. The first kappa shape index (κ1) is 18.9. The third-order valence-electron chi connectivity index (χ3n) is 3.89. The highest BCUT2D eigenvalue weighted by atomic mass is 16.5. The number of aliphatic hydroxyl groups is 1. The highest BCUT2D eigenvalue weighted by Gasteiger charge is 2.12. The van der Waals surface area contributed by atoms with Gasteiger partial charge in [-0.05, 0) is 35.1 Å². The largest absolute Gasteiger partial charge is 0.482 e. The molecule has 0 atom stereocenters. The number of ether oxygens (including phenoxy) is 1. The van der Waals surface area contributed by atoms with Gasteiger partial charge in [-0.15, -0.1) is 0 Å². The molecule has 0 saturated heterocycles. The zero-order valence-electron chi connectivity index (χ0n) is 15.1. The van der Waals surface area contributed by atoms with Crippen LogP contribution in [0.1, 0.15) is 37.6 Å². The molecule has 2 N–H and O–H groups in total. The van der Waals surface area contributed by atoms with Crippen LogP contribution in [0.3, 0.4) is 0 Å². The lowest BCUT2D eigenvalue weighted by atomic mass is 9.86. The number of carbonyl (C=O) groups excluding carboxylic acids is 1. The summed E-state index contributed by atoms with van der Waals surface area (Å²) in [7, 11) is 0. The second-order valence-electron chi connectivity index (χ2n) is 6.98. The van der Waals surface area contributed by atoms with Crippen LogP contribution < -0.4 is 10.1 Å². The molecule has 2 aromatic rings. The Labute approximate surface area is 149 Å². The molecule has 25 heavy (non-hydrogen) atoms. The average Bonchev–Trinajstić information content (AvgIpc) is 2.60. The lowest BCUT2D eigenvalue weighted by Gasteiger charge is -2.19. The van der Waals surface area contributed by atoms with E-state index in [0.29, 0.717) is 18.0 Å². The van der Waals surface area contributed by atoms with Gasteiger partial charge in [-0.2, -0.15) is 0 Å². The SMILES string of the molecule is CC(C)(C)c1ccc(CCNC(=O)COc2ccc(CO)nc2)cc1. The Bertz CT molecular complexity index is 674. The zero-order chi connectivity index (χ0) is 18.3. The number of hydrogen-bond donors (Lipinski definition) is 2. The van der Waals surface area contributed by atoms with Crippen LogP contribution in [0, 0.1) is 0 Å². The van der Waals surface area contributed by atoms with E-state index in [2.05, 4.69) is 55.3 Å². The Balaban J connectivity index is 1.71. The van der Waals surface area contributed by atoms with Gasteiger partial charge in [-0.3, -0.25) is 9.78 Å². The summed E-state index contributed by atoms with van der Waals surface area (Å²) < 4.78 is 5.37. The topological polar surface area (TPSA) is 71.5 Å². The van der Waals surface area contributed by atoms with Crippen molar-refractivity contribution >= 4 is 5.91 Å². The fraction of sp³-hybridized carbons (Fsp3) is 0.400. The predicted octanol–water partition coefficient (Wildman–Crippen LogP) is 2.61. The van der Waals surface area contributed by atoms with E-state index in [0.717, 1.165) is 6.42 Å². The molecule has 0 aliphatic carbocycles. The third kappa shape index (κ3) is 6.19. The third-order valence-corrected chi connectivity index (χ3v) is 3.89. The molecule has 0 bridgehead atoms. The molecule has 0 fully saturated rings. The summed E-state index contributed by atoms with van der Waals surface area (Å²) in [6, 6.07) is 11.8. The summed E-state index contributed by atoms with van der Waals surface area (Å²) >= 11 is 0. The molecule has 1 heterocycles. The number of pyridine rings is 1. The minimum Gasteiger partial charge on any atom is -0.482 e. The van der Waals surface area contributed by atoms with E-state index in [9.17, 15) is 4.79 Å². The van der Waals surface area contributed by atoms with Gasteiger partial charge in [0, 0.05) is 6.54 Å². The molecule has 0 radical (unpaired) electrons. The van der Waals surface area contributed by atoms with E-state index in [4.69, 9.17) is 9.84 Å². The van der Waals surface area contributed by atoms with Crippen LogP contribution in [0.25, 0.3) is 0 Å². The van der Waals surface area contributed by atoms with Gasteiger partial charge in [-0.25, -0.2) is 0 Å². The molecule has 1 aromatic carbocycles. The first-order chi connectivity index (χ1) is 11.9. The average molecular weight is 342 g/mol. The van der Waals surface area contributed by atoms with Gasteiger partial charge in [0.25, 0.3) is 5.91 Å². The molecule has 1 aromatic heterocycles. The van der Waals surface area contributed by atoms with E-state index < -0.39 is 0 Å². The summed E-state index contributed by atoms with van der Waals surface area (Å²) in [5.74, 6) is 0.336. The molecular weight excluding hydrogens is 316 g/mol. The van der Waals surface area contributed by atoms with Gasteiger partial charge in [0.05, 0.1) is 18.5 Å². The lowest BCUT2D eigenvalue weighted by Crippen LogP contribution is -2.30. The van der Waals surface area contributed by atoms with Gasteiger partial charge in [-0.1, -0.05) is 45.0 Å². The highest BCUT2D eigenvalue weighted by molar-refractivity contribution is 5.77. The molecule has 5 nitrogen and oxygen atoms in total. The number of rotatable bonds is 7. The van der Waals surface area contributed by atoms with E-state index in [1.165, 1.54) is 17.3 Å². The normalized spacial score (nSPS) is 11.2. The molecule has 0 aliphatic heterocycles. The zero-order valence-corrected chi connectivity index (χ0v) is 15.1. The van der Waals surface area contributed by atoms with Crippen LogP contribution in [-0.2, 0) is 23.2 Å². The standard InChI is InChI=1S/C20H26N2O3/c1-20(2,3)16-6-4-15(5-7-16)10-11-21-19(24)14-25-18-9-8-17(13-23)22-12-18/h4-9,12,23H,10-11,13-14H2,1-3H3,(H,21,24). The molecule has 134 valence electrons. The summed E-state index contributed by atoms with van der Waals surface area (Å²) in [6.45, 7) is 6.97. The van der Waals surface area contributed by atoms with Crippen LogP contribution >= 0.6 is 0 Å². The van der Waals surface area contributed by atoms with Crippen LogP contribution in [0.2, 0.25) is 0 Å². The number of carbonyl (C=O) groups is 1. The molecule has 2 rings (SSSR count). The maximum atomic E-state index is 11.8. The van der Waals surface area contributed by atoms with Crippen molar-refractivity contribution in [2.24, 2.45) is 0 Å². The fourth-order valence-electron chi connectivity index (χ4n) is 2.31. The minimum absolute atomic E-state index is 0.0525. The smallest absolute Gasteiger partial charge is 0.257 e. The number of benzene rings is 1. The lowest BCUT2D eigenvalue weighted by molar-refractivity contribution is -0.123. The minimum atomic E-state index is -0.169. The van der Waals surface area contributed by atoms with Crippen LogP contribution in [0.4, 0.5) is 0 Å². The monoisotopic (exact) mass is 342 g/mol. The van der Waals surface area contributed by atoms with Crippen molar-refractivity contribution in [3.05, 3.63) is 59.4 Å². The van der Waals surface area contributed by atoms with E-state index in [1.807, 2.05) is 0 Å². The number of nitrogens with one attached hydrogen (secondary N) is 1. The Morgan fingerprint density at radius 1 is 1.16 bits per heavy atom. The second-order valence-corrected chi connectivity index (χ2v) is 6.98. The van der Waals surface area contributed by atoms with Gasteiger partial charge in [0.15, 0.2) is 6.61 Å². The molecule has 0 unspecified atom stereocenters. The molecule has 1 amide bonds. The molecule has 0 saturated carbocycles. The van der Waals surface area contributed by atoms with E-state index in [1.54, 1.807) is 12.1 Å². The van der Waals surface area contributed by atoms with Crippen molar-refractivity contribution in [1.29, 1.82) is 0 Å². The van der Waals surface area contributed by atoms with Crippen molar-refractivity contribution in [3.63, 3.8) is 0 Å². The number of hydrogen-bond acceptors (Lipinski definition) is 4. The molecule has 0 spiro atoms. The van der Waals surface area contributed by atoms with Gasteiger partial charge >= 0.3 is 0 Å². The fourth-order valence-corrected chi connectivity index (χ4v) is 2.31. The predicted molar refractivity (Wildman–Crippen MR) is 97.5 cm³/mol. The van der Waals surface area contributed by atoms with Crippen molar-refractivity contribution in [2.75, 3.05) is 13.2 Å². The van der Waals surface area contributed by atoms with Gasteiger partial charge < -0.3 is 15.2 Å². The maximum Gasteiger partial charge on any atom is 0.257 e. The summed E-state index contributed by atoms with van der Waals surface area (Å²) in [4.78, 5) is 15.8. The number of nitrogens with zero attached hydrogens (tertiary/aromatic N) is 1. The Morgan fingerprint density at radius 3 is 2.44 bits per heavy atom. The quantitative estimate of drug-likeness (QED) is 0.811. The van der Waals surface area contributed by atoms with Gasteiger partial charge in [0.2, 0.25) is 0 Å². The summed E-state index contributed by atoms with van der Waals surface area (Å²) in [5.41, 5.74) is 3.20. The Hall–Kier alpha value is -2.40. The summed E-state index contributed by atoms with van der Waals surface area (Å²) in [5, 5.41) is 11.8. The van der Waals surface area contributed by atoms with Crippen molar-refractivity contribution in [2.45, 2.75) is 39.2 Å². The maximum absolute atomic E-state index is 11.8. The highest BCUT2D eigenvalue weighted by Crippen LogP contribution is 2.22. The second kappa shape index (κ2) is 8.62. The molecule has 5 heteroatoms. The van der Waals surface area contributed by atoms with Crippen molar-refractivity contribution in [1.82, 2.24) is 10.3 Å². The van der Waals surface area contributed by atoms with Crippen LogP contribution in [0.5, 0.6) is 5.75 Å².